The molecule has 1 heterocycles. The highest BCUT2D eigenvalue weighted by Gasteiger charge is 2.11. The molecule has 0 fully saturated rings. The molecule has 4 nitrogen and oxygen atoms in total. The SMILES string of the molecule is Cn1nc(Cc2ccccc2)cc1C(=O)O. The van der Waals surface area contributed by atoms with Crippen molar-refractivity contribution in [2.24, 2.45) is 7.05 Å². The molecule has 2 aromatic rings. The summed E-state index contributed by atoms with van der Waals surface area (Å²) in [7, 11) is 1.64. The summed E-state index contributed by atoms with van der Waals surface area (Å²) in [5.74, 6) is -0.950. The third-order valence-corrected chi connectivity index (χ3v) is 2.38. The van der Waals surface area contributed by atoms with Crippen LogP contribution in [0.2, 0.25) is 0 Å². The Morgan fingerprint density at radius 1 is 1.38 bits per heavy atom. The van der Waals surface area contributed by atoms with Crippen molar-refractivity contribution in [2.45, 2.75) is 6.42 Å². The van der Waals surface area contributed by atoms with Gasteiger partial charge in [0, 0.05) is 13.5 Å². The van der Waals surface area contributed by atoms with E-state index in [4.69, 9.17) is 5.11 Å². The first kappa shape index (κ1) is 10.4. The predicted molar refractivity (Wildman–Crippen MR) is 59.4 cm³/mol. The van der Waals surface area contributed by atoms with Gasteiger partial charge < -0.3 is 5.11 Å². The molecule has 1 aromatic carbocycles. The van der Waals surface area contributed by atoms with Gasteiger partial charge in [-0.1, -0.05) is 30.3 Å². The third-order valence-electron chi connectivity index (χ3n) is 2.38. The molecule has 0 radical (unpaired) electrons. The minimum Gasteiger partial charge on any atom is -0.477 e. The lowest BCUT2D eigenvalue weighted by Gasteiger charge is -1.96. The van der Waals surface area contributed by atoms with Crippen molar-refractivity contribution >= 4 is 5.97 Å². The lowest BCUT2D eigenvalue weighted by atomic mass is 10.1. The Morgan fingerprint density at radius 3 is 2.62 bits per heavy atom. The highest BCUT2D eigenvalue weighted by Crippen LogP contribution is 2.09. The van der Waals surface area contributed by atoms with Gasteiger partial charge in [-0.25, -0.2) is 4.79 Å². The Hall–Kier alpha value is -2.10. The minimum absolute atomic E-state index is 0.214. The standard InChI is InChI=1S/C12H12N2O2/c1-14-11(12(15)16)8-10(13-14)7-9-5-3-2-4-6-9/h2-6,8H,7H2,1H3,(H,15,16). The van der Waals surface area contributed by atoms with Crippen molar-refractivity contribution in [1.29, 1.82) is 0 Å². The number of carbonyl (C=O) groups is 1. The lowest BCUT2D eigenvalue weighted by Crippen LogP contribution is -2.04. The Morgan fingerprint density at radius 2 is 2.06 bits per heavy atom. The molecular weight excluding hydrogens is 204 g/mol. The number of benzene rings is 1. The molecule has 0 atom stereocenters. The van der Waals surface area contributed by atoms with Gasteiger partial charge in [0.2, 0.25) is 0 Å². The summed E-state index contributed by atoms with van der Waals surface area (Å²) in [4.78, 5) is 10.8. The molecule has 0 aliphatic rings. The minimum atomic E-state index is -0.950. The van der Waals surface area contributed by atoms with E-state index in [9.17, 15) is 4.79 Å². The van der Waals surface area contributed by atoms with Gasteiger partial charge in [-0.2, -0.15) is 5.10 Å². The molecule has 1 aromatic heterocycles. The molecule has 0 amide bonds. The van der Waals surface area contributed by atoms with Gasteiger partial charge in [0.15, 0.2) is 0 Å². The average Bonchev–Trinajstić information content (AvgIpc) is 2.61. The summed E-state index contributed by atoms with van der Waals surface area (Å²) >= 11 is 0. The van der Waals surface area contributed by atoms with Gasteiger partial charge in [-0.05, 0) is 11.6 Å². The molecule has 0 saturated heterocycles. The number of carboxylic acids is 1. The number of rotatable bonds is 3. The van der Waals surface area contributed by atoms with Crippen molar-refractivity contribution in [3.8, 4) is 0 Å². The second-order valence-electron chi connectivity index (χ2n) is 3.61. The van der Waals surface area contributed by atoms with Crippen molar-refractivity contribution < 1.29 is 9.90 Å². The Kier molecular flexibility index (Phi) is 2.72. The molecule has 82 valence electrons. The summed E-state index contributed by atoms with van der Waals surface area (Å²) in [6.07, 6.45) is 0.655. The Balaban J connectivity index is 2.23. The maximum atomic E-state index is 10.8. The zero-order valence-corrected chi connectivity index (χ0v) is 8.92. The van der Waals surface area contributed by atoms with E-state index >= 15 is 0 Å². The first-order chi connectivity index (χ1) is 7.66. The number of aromatic nitrogens is 2. The molecule has 16 heavy (non-hydrogen) atoms. The van der Waals surface area contributed by atoms with Crippen LogP contribution < -0.4 is 0 Å². The van der Waals surface area contributed by atoms with Crippen molar-refractivity contribution in [1.82, 2.24) is 9.78 Å². The van der Waals surface area contributed by atoms with E-state index < -0.39 is 5.97 Å². The number of aryl methyl sites for hydroxylation is 1. The summed E-state index contributed by atoms with van der Waals surface area (Å²) < 4.78 is 1.39. The molecular formula is C12H12N2O2. The monoisotopic (exact) mass is 216 g/mol. The van der Waals surface area contributed by atoms with Gasteiger partial charge in [-0.15, -0.1) is 0 Å². The van der Waals surface area contributed by atoms with Gasteiger partial charge in [-0.3, -0.25) is 4.68 Å². The van der Waals surface area contributed by atoms with E-state index in [0.717, 1.165) is 11.3 Å². The highest BCUT2D eigenvalue weighted by atomic mass is 16.4. The number of hydrogen-bond acceptors (Lipinski definition) is 2. The van der Waals surface area contributed by atoms with Crippen molar-refractivity contribution in [3.05, 3.63) is 53.3 Å². The second kappa shape index (κ2) is 4.18. The van der Waals surface area contributed by atoms with Crippen LogP contribution in [-0.4, -0.2) is 20.9 Å². The summed E-state index contributed by atoms with van der Waals surface area (Å²) in [5.41, 5.74) is 2.11. The Labute approximate surface area is 93.1 Å². The highest BCUT2D eigenvalue weighted by molar-refractivity contribution is 5.85. The van der Waals surface area contributed by atoms with E-state index in [2.05, 4.69) is 5.10 Å². The van der Waals surface area contributed by atoms with Crippen LogP contribution in [0, 0.1) is 0 Å². The van der Waals surface area contributed by atoms with Crippen LogP contribution in [-0.2, 0) is 13.5 Å². The van der Waals surface area contributed by atoms with E-state index in [1.807, 2.05) is 30.3 Å². The lowest BCUT2D eigenvalue weighted by molar-refractivity contribution is 0.0685. The second-order valence-corrected chi connectivity index (χ2v) is 3.61. The molecule has 0 spiro atoms. The average molecular weight is 216 g/mol. The fourth-order valence-electron chi connectivity index (χ4n) is 1.62. The van der Waals surface area contributed by atoms with Gasteiger partial charge in [0.05, 0.1) is 5.69 Å². The van der Waals surface area contributed by atoms with E-state index in [-0.39, 0.29) is 5.69 Å². The maximum Gasteiger partial charge on any atom is 0.354 e. The van der Waals surface area contributed by atoms with Crippen LogP contribution in [0.1, 0.15) is 21.7 Å². The van der Waals surface area contributed by atoms with Gasteiger partial charge in [0.25, 0.3) is 0 Å². The number of carboxylic acid groups (broad SMARTS) is 1. The number of aromatic carboxylic acids is 1. The van der Waals surface area contributed by atoms with E-state index in [0.29, 0.717) is 6.42 Å². The van der Waals surface area contributed by atoms with Crippen LogP contribution in [0.25, 0.3) is 0 Å². The van der Waals surface area contributed by atoms with Gasteiger partial charge >= 0.3 is 5.97 Å². The molecule has 1 N–H and O–H groups in total. The largest absolute Gasteiger partial charge is 0.477 e. The first-order valence-corrected chi connectivity index (χ1v) is 4.97. The number of nitrogens with zero attached hydrogens (tertiary/aromatic N) is 2. The van der Waals surface area contributed by atoms with E-state index in [1.54, 1.807) is 13.1 Å². The van der Waals surface area contributed by atoms with Crippen LogP contribution in [0.3, 0.4) is 0 Å². The van der Waals surface area contributed by atoms with Crippen LogP contribution in [0.5, 0.6) is 0 Å². The van der Waals surface area contributed by atoms with Gasteiger partial charge in [0.1, 0.15) is 5.69 Å². The van der Waals surface area contributed by atoms with Crippen LogP contribution >= 0.6 is 0 Å². The maximum absolute atomic E-state index is 10.8. The molecule has 4 heteroatoms. The van der Waals surface area contributed by atoms with Crippen molar-refractivity contribution in [3.63, 3.8) is 0 Å². The smallest absolute Gasteiger partial charge is 0.354 e. The molecule has 0 aliphatic carbocycles. The first-order valence-electron chi connectivity index (χ1n) is 4.97. The fraction of sp³-hybridized carbons (Fsp3) is 0.167. The zero-order chi connectivity index (χ0) is 11.5. The van der Waals surface area contributed by atoms with Crippen LogP contribution in [0.4, 0.5) is 0 Å². The molecule has 0 saturated carbocycles. The molecule has 2 rings (SSSR count). The van der Waals surface area contributed by atoms with Crippen molar-refractivity contribution in [2.75, 3.05) is 0 Å². The zero-order valence-electron chi connectivity index (χ0n) is 8.92. The fourth-order valence-corrected chi connectivity index (χ4v) is 1.62. The molecule has 0 unspecified atom stereocenters. The van der Waals surface area contributed by atoms with E-state index in [1.165, 1.54) is 4.68 Å². The third kappa shape index (κ3) is 2.11. The topological polar surface area (TPSA) is 55.1 Å². The normalized spacial score (nSPS) is 10.3. The predicted octanol–water partition coefficient (Wildman–Crippen LogP) is 1.71. The van der Waals surface area contributed by atoms with Crippen LogP contribution in [0.15, 0.2) is 36.4 Å². The molecule has 0 bridgehead atoms. The Bertz CT molecular complexity index is 503. The summed E-state index contributed by atoms with van der Waals surface area (Å²) in [6.45, 7) is 0. The molecule has 0 aliphatic heterocycles. The summed E-state index contributed by atoms with van der Waals surface area (Å²) in [6, 6.07) is 11.5. The number of hydrogen-bond donors (Lipinski definition) is 1. The summed E-state index contributed by atoms with van der Waals surface area (Å²) in [5, 5.41) is 13.0. The quantitative estimate of drug-likeness (QED) is 0.849.